The molecule has 0 amide bonds. The largest absolute Gasteiger partial charge is 0.489 e. The van der Waals surface area contributed by atoms with E-state index in [1.165, 1.54) is 14.9 Å². The minimum absolute atomic E-state index is 0.285. The van der Waals surface area contributed by atoms with Crippen LogP contribution in [0.5, 0.6) is 5.75 Å². The van der Waals surface area contributed by atoms with Crippen LogP contribution in [0.25, 0.3) is 6.08 Å². The number of benzene rings is 2. The number of rotatable bonds is 5. The summed E-state index contributed by atoms with van der Waals surface area (Å²) >= 11 is 3.76. The molecule has 1 aliphatic heterocycles. The molecule has 4 nitrogen and oxygen atoms in total. The molecule has 1 aromatic heterocycles. The van der Waals surface area contributed by atoms with Crippen molar-refractivity contribution < 1.29 is 14.3 Å². The van der Waals surface area contributed by atoms with Gasteiger partial charge in [0.1, 0.15) is 12.4 Å². The summed E-state index contributed by atoms with van der Waals surface area (Å²) in [4.78, 5) is 17.2. The minimum Gasteiger partial charge on any atom is -0.489 e. The summed E-state index contributed by atoms with van der Waals surface area (Å²) in [5.41, 5.74) is 2.22. The fraction of sp³-hybridized carbons (Fsp3) is 0.0476. The van der Waals surface area contributed by atoms with E-state index in [1.54, 1.807) is 6.08 Å². The number of nitrogens with zero attached hydrogens (tertiary/aromatic N) is 1. The molecule has 2 aromatic carbocycles. The predicted molar refractivity (Wildman–Crippen MR) is 115 cm³/mol. The average molecular weight is 487 g/mol. The van der Waals surface area contributed by atoms with Gasteiger partial charge in [0.15, 0.2) is 5.70 Å². The number of hydrogen-bond acceptors (Lipinski definition) is 5. The molecule has 0 saturated carbocycles. The Labute approximate surface area is 174 Å². The van der Waals surface area contributed by atoms with Crippen molar-refractivity contribution in [1.82, 2.24) is 0 Å². The lowest BCUT2D eigenvalue weighted by Crippen LogP contribution is -2.03. The van der Waals surface area contributed by atoms with Crippen molar-refractivity contribution in [2.24, 2.45) is 4.99 Å². The van der Waals surface area contributed by atoms with Crippen molar-refractivity contribution in [1.29, 1.82) is 0 Å². The normalized spacial score (nSPS) is 14.9. The quantitative estimate of drug-likeness (QED) is 0.280. The van der Waals surface area contributed by atoms with Crippen LogP contribution >= 0.6 is 33.9 Å². The highest BCUT2D eigenvalue weighted by molar-refractivity contribution is 14.1. The highest BCUT2D eigenvalue weighted by atomic mass is 127. The average Bonchev–Trinajstić information content (AvgIpc) is 3.32. The van der Waals surface area contributed by atoms with Crippen molar-refractivity contribution in [2.45, 2.75) is 6.61 Å². The summed E-state index contributed by atoms with van der Waals surface area (Å²) in [7, 11) is 0. The Hall–Kier alpha value is -2.45. The van der Waals surface area contributed by atoms with Crippen LogP contribution in [0.4, 0.5) is 0 Å². The third-order valence-corrected chi connectivity index (χ3v) is 5.41. The molecule has 0 bridgehead atoms. The summed E-state index contributed by atoms with van der Waals surface area (Å²) < 4.78 is 12.3. The summed E-state index contributed by atoms with van der Waals surface area (Å²) in [6.07, 6.45) is 1.71. The number of carbonyl (C=O) groups is 1. The highest BCUT2D eigenvalue weighted by Crippen LogP contribution is 2.23. The molecule has 6 heteroatoms. The van der Waals surface area contributed by atoms with Gasteiger partial charge in [-0.25, -0.2) is 9.79 Å². The molecule has 0 atom stereocenters. The highest BCUT2D eigenvalue weighted by Gasteiger charge is 2.24. The van der Waals surface area contributed by atoms with Crippen LogP contribution in [-0.4, -0.2) is 11.9 Å². The summed E-state index contributed by atoms with van der Waals surface area (Å²) in [6, 6.07) is 19.5. The molecular formula is C21H14INO3S. The zero-order chi connectivity index (χ0) is 18.6. The number of thiophene rings is 1. The Morgan fingerprint density at radius 1 is 1.11 bits per heavy atom. The molecule has 0 radical (unpaired) electrons. The third kappa shape index (κ3) is 4.45. The molecule has 3 aromatic rings. The molecule has 0 fully saturated rings. The molecule has 2 heterocycles. The smallest absolute Gasteiger partial charge is 0.363 e. The number of halogens is 1. The molecule has 0 spiro atoms. The van der Waals surface area contributed by atoms with Gasteiger partial charge in [0.25, 0.3) is 0 Å². The van der Waals surface area contributed by atoms with E-state index in [0.29, 0.717) is 12.5 Å². The molecule has 4 rings (SSSR count). The maximum atomic E-state index is 12.1. The van der Waals surface area contributed by atoms with Gasteiger partial charge in [-0.2, -0.15) is 0 Å². The van der Waals surface area contributed by atoms with Crippen LogP contribution < -0.4 is 4.74 Å². The number of esters is 1. The molecule has 27 heavy (non-hydrogen) atoms. The topological polar surface area (TPSA) is 47.9 Å². The Balaban J connectivity index is 1.49. The predicted octanol–water partition coefficient (Wildman–Crippen LogP) is 5.28. The molecule has 1 aliphatic rings. The van der Waals surface area contributed by atoms with E-state index >= 15 is 0 Å². The number of carbonyl (C=O) groups excluding carboxylic acids is 1. The van der Waals surface area contributed by atoms with E-state index in [2.05, 4.69) is 39.7 Å². The molecule has 134 valence electrons. The van der Waals surface area contributed by atoms with E-state index in [-0.39, 0.29) is 5.70 Å². The number of ether oxygens (including phenoxy) is 2. The number of cyclic esters (lactones) is 1. The van der Waals surface area contributed by atoms with Crippen molar-refractivity contribution in [2.75, 3.05) is 0 Å². The first-order valence-corrected chi connectivity index (χ1v) is 10.2. The molecule has 0 saturated heterocycles. The second-order valence-electron chi connectivity index (χ2n) is 5.80. The maximum absolute atomic E-state index is 12.1. The van der Waals surface area contributed by atoms with E-state index in [9.17, 15) is 4.79 Å². The summed E-state index contributed by atoms with van der Waals surface area (Å²) in [5, 5.41) is 1.92. The molecule has 0 aliphatic carbocycles. The van der Waals surface area contributed by atoms with E-state index < -0.39 is 5.97 Å². The van der Waals surface area contributed by atoms with Crippen LogP contribution in [-0.2, 0) is 16.1 Å². The van der Waals surface area contributed by atoms with E-state index in [4.69, 9.17) is 9.47 Å². The first-order valence-electron chi connectivity index (χ1n) is 8.21. The second kappa shape index (κ2) is 8.06. The summed E-state index contributed by atoms with van der Waals surface area (Å²) in [5.74, 6) is 0.646. The van der Waals surface area contributed by atoms with Gasteiger partial charge in [0, 0.05) is 3.57 Å². The van der Waals surface area contributed by atoms with Crippen molar-refractivity contribution in [3.8, 4) is 5.75 Å². The third-order valence-electron chi connectivity index (χ3n) is 3.83. The fourth-order valence-electron chi connectivity index (χ4n) is 2.51. The lowest BCUT2D eigenvalue weighted by atomic mass is 10.2. The van der Waals surface area contributed by atoms with Gasteiger partial charge in [0.05, 0.1) is 4.88 Å². The van der Waals surface area contributed by atoms with Crippen LogP contribution in [0.15, 0.2) is 76.7 Å². The minimum atomic E-state index is -0.441. The molecule has 0 N–H and O–H groups in total. The Kier molecular flexibility index (Phi) is 5.35. The Morgan fingerprint density at radius 2 is 1.96 bits per heavy atom. The van der Waals surface area contributed by atoms with Gasteiger partial charge in [-0.05, 0) is 75.5 Å². The lowest BCUT2D eigenvalue weighted by molar-refractivity contribution is -0.129. The fourth-order valence-corrected chi connectivity index (χ4v) is 3.52. The first-order chi connectivity index (χ1) is 13.2. The lowest BCUT2D eigenvalue weighted by Gasteiger charge is -2.07. The van der Waals surface area contributed by atoms with Crippen molar-refractivity contribution in [3.63, 3.8) is 0 Å². The summed E-state index contributed by atoms with van der Waals surface area (Å²) in [6.45, 7) is 0.486. The van der Waals surface area contributed by atoms with Crippen molar-refractivity contribution >= 4 is 51.9 Å². The van der Waals surface area contributed by atoms with Gasteiger partial charge >= 0.3 is 5.97 Å². The van der Waals surface area contributed by atoms with Gasteiger partial charge in [0.2, 0.25) is 5.90 Å². The van der Waals surface area contributed by atoms with E-state index in [1.807, 2.05) is 53.9 Å². The zero-order valence-electron chi connectivity index (χ0n) is 14.1. The van der Waals surface area contributed by atoms with Crippen LogP contribution in [0.1, 0.15) is 16.0 Å². The van der Waals surface area contributed by atoms with E-state index in [0.717, 1.165) is 21.8 Å². The molecule has 0 unspecified atom stereocenters. The standard InChI is InChI=1S/C21H14INO3S/c22-16-8-6-14(7-9-16)13-25-17-4-1-3-15(11-17)12-18-21(24)26-20(23-18)19-5-2-10-27-19/h1-12H,13H2. The van der Waals surface area contributed by atoms with Gasteiger partial charge < -0.3 is 9.47 Å². The van der Waals surface area contributed by atoms with Gasteiger partial charge in [-0.3, -0.25) is 0 Å². The number of hydrogen-bond donors (Lipinski definition) is 0. The zero-order valence-corrected chi connectivity index (χ0v) is 17.1. The monoisotopic (exact) mass is 487 g/mol. The van der Waals surface area contributed by atoms with Crippen LogP contribution in [0, 0.1) is 3.57 Å². The SMILES string of the molecule is O=C1OC(c2cccs2)=NC1=Cc1cccc(OCc2ccc(I)cc2)c1. The number of aliphatic imine (C=N–C) groups is 1. The van der Waals surface area contributed by atoms with Crippen molar-refractivity contribution in [3.05, 3.63) is 91.3 Å². The first kappa shape index (κ1) is 17.9. The van der Waals surface area contributed by atoms with Gasteiger partial charge in [-0.15, -0.1) is 11.3 Å². The second-order valence-corrected chi connectivity index (χ2v) is 7.99. The maximum Gasteiger partial charge on any atom is 0.363 e. The molecular weight excluding hydrogens is 473 g/mol. The Morgan fingerprint density at radius 3 is 2.74 bits per heavy atom. The van der Waals surface area contributed by atoms with Crippen LogP contribution in [0.2, 0.25) is 0 Å². The van der Waals surface area contributed by atoms with Crippen LogP contribution in [0.3, 0.4) is 0 Å². The van der Waals surface area contributed by atoms with Gasteiger partial charge in [-0.1, -0.05) is 30.3 Å². The Bertz CT molecular complexity index is 1020.